The minimum atomic E-state index is -3.85. The Morgan fingerprint density at radius 1 is 1.22 bits per heavy atom. The quantitative estimate of drug-likeness (QED) is 0.220. The highest BCUT2D eigenvalue weighted by Gasteiger charge is 2.49. The van der Waals surface area contributed by atoms with Crippen LogP contribution in [0.15, 0.2) is 17.4 Å². The molecule has 0 amide bonds. The van der Waals surface area contributed by atoms with Crippen molar-refractivity contribution in [1.29, 1.82) is 0 Å². The summed E-state index contributed by atoms with van der Waals surface area (Å²) in [6.45, 7) is -3.90. The standard InChI is InChI=1S/C20H23FN11O6PS2/c21-11-7-1-2-35-10-3-8(19(41-10)31-6-26-13-16(31)27-20(23)28-17(13)33)38-39(34,40)36-4-9(7)37-18(11)32-15-12(29-30-32)14(22)24-5-25-15/h5-11,18-19H,1-4H2,(H,34,40)(H2,22,24,25)(H3,23,27,28,33)/t7-,8-,9-,10?,11+,18-,19-,39?/m1/s1. The Bertz CT molecular complexity index is 1740. The number of hydrogen-bond donors (Lipinski definition) is 4. The molecular weight excluding hydrogens is 604 g/mol. The third-order valence-corrected chi connectivity index (χ3v) is 10.2. The van der Waals surface area contributed by atoms with Gasteiger partial charge in [0.05, 0.1) is 19.0 Å². The average molecular weight is 628 g/mol. The summed E-state index contributed by atoms with van der Waals surface area (Å²) in [5.41, 5.74) is 11.5. The van der Waals surface area contributed by atoms with Gasteiger partial charge in [-0.2, -0.15) is 9.67 Å². The molecule has 2 unspecified atom stereocenters. The molecular formula is C20H23FN11O6PS2. The van der Waals surface area contributed by atoms with Crippen LogP contribution < -0.4 is 17.0 Å². The molecule has 4 aromatic rings. The second-order valence-corrected chi connectivity index (χ2v) is 13.7. The van der Waals surface area contributed by atoms with Crippen LogP contribution in [0.1, 0.15) is 24.4 Å². The number of nitrogens with zero attached hydrogens (tertiary/aromatic N) is 8. The zero-order valence-electron chi connectivity index (χ0n) is 20.9. The zero-order valence-corrected chi connectivity index (χ0v) is 23.4. The normalized spacial score (nSPS) is 34.4. The predicted octanol–water partition coefficient (Wildman–Crippen LogP) is 0.371. The number of nitrogens with two attached hydrogens (primary N) is 2. The van der Waals surface area contributed by atoms with Crippen LogP contribution in [-0.2, 0) is 30.3 Å². The Hall–Kier alpha value is -2.84. The molecule has 3 aliphatic heterocycles. The Morgan fingerprint density at radius 2 is 2.07 bits per heavy atom. The first-order chi connectivity index (χ1) is 19.7. The van der Waals surface area contributed by atoms with Gasteiger partial charge in [-0.05, 0) is 18.2 Å². The first-order valence-electron chi connectivity index (χ1n) is 12.4. The van der Waals surface area contributed by atoms with Crippen molar-refractivity contribution in [3.05, 3.63) is 23.0 Å². The van der Waals surface area contributed by atoms with Crippen LogP contribution in [0.25, 0.3) is 22.3 Å². The second kappa shape index (κ2) is 10.2. The zero-order chi connectivity index (χ0) is 28.5. The van der Waals surface area contributed by atoms with E-state index in [1.165, 1.54) is 29.1 Å². The van der Waals surface area contributed by atoms with Gasteiger partial charge >= 0.3 is 6.72 Å². The van der Waals surface area contributed by atoms with Crippen LogP contribution in [0.3, 0.4) is 0 Å². The summed E-state index contributed by atoms with van der Waals surface area (Å²) in [6, 6.07) is 0. The molecule has 7 rings (SSSR count). The number of nitrogens with one attached hydrogen (secondary N) is 1. The van der Waals surface area contributed by atoms with Crippen molar-refractivity contribution in [1.82, 2.24) is 44.5 Å². The van der Waals surface area contributed by atoms with Gasteiger partial charge in [0.1, 0.15) is 23.2 Å². The van der Waals surface area contributed by atoms with Gasteiger partial charge in [-0.25, -0.2) is 19.3 Å². The van der Waals surface area contributed by atoms with Crippen LogP contribution in [-0.4, -0.2) is 86.4 Å². The Labute approximate surface area is 238 Å². The molecule has 0 saturated carbocycles. The number of nitrogen functional groups attached to an aromatic ring is 2. The summed E-state index contributed by atoms with van der Waals surface area (Å²) < 4.78 is 42.6. The molecule has 21 heteroatoms. The maximum absolute atomic E-state index is 15.9. The van der Waals surface area contributed by atoms with Crippen molar-refractivity contribution in [3.8, 4) is 0 Å². The lowest BCUT2D eigenvalue weighted by Gasteiger charge is -2.26. The molecule has 17 nitrogen and oxygen atoms in total. The van der Waals surface area contributed by atoms with E-state index >= 15 is 4.39 Å². The number of anilines is 2. The summed E-state index contributed by atoms with van der Waals surface area (Å²) in [6.07, 6.45) is -0.939. The van der Waals surface area contributed by atoms with Crippen LogP contribution in [0.2, 0.25) is 0 Å². The number of alkyl halides is 1. The smallest absolute Gasteiger partial charge is 0.324 e. The first kappa shape index (κ1) is 27.0. The Kier molecular flexibility index (Phi) is 6.69. The topological polar surface area (TPSA) is 229 Å². The van der Waals surface area contributed by atoms with Gasteiger partial charge in [0.2, 0.25) is 5.95 Å². The number of halogens is 1. The number of fused-ring (bicyclic) bond motifs is 5. The van der Waals surface area contributed by atoms with Crippen LogP contribution in [0.5, 0.6) is 0 Å². The van der Waals surface area contributed by atoms with Gasteiger partial charge < -0.3 is 34.9 Å². The van der Waals surface area contributed by atoms with E-state index in [-0.39, 0.29) is 53.7 Å². The van der Waals surface area contributed by atoms with E-state index in [9.17, 15) is 9.69 Å². The molecule has 0 spiro atoms. The molecule has 3 aliphatic rings. The molecule has 0 aliphatic carbocycles. The highest BCUT2D eigenvalue weighted by molar-refractivity contribution is 8.07. The molecule has 0 aromatic carbocycles. The van der Waals surface area contributed by atoms with Gasteiger partial charge in [-0.15, -0.1) is 16.9 Å². The van der Waals surface area contributed by atoms with Crippen molar-refractivity contribution in [2.75, 3.05) is 24.7 Å². The van der Waals surface area contributed by atoms with E-state index in [0.717, 1.165) is 0 Å². The van der Waals surface area contributed by atoms with E-state index in [2.05, 4.69) is 35.2 Å². The van der Waals surface area contributed by atoms with Crippen molar-refractivity contribution < 1.29 is 27.8 Å². The minimum absolute atomic E-state index is 0.0700. The number of thioether (sulfide) groups is 1. The lowest BCUT2D eigenvalue weighted by Crippen LogP contribution is -2.29. The summed E-state index contributed by atoms with van der Waals surface area (Å²) in [5, 5.41) is 7.43. The molecule has 2 bridgehead atoms. The SMILES string of the molecule is Nc1nc2c(ncn2[C@@H]2SC3C[C@H]2OP(O)(=S)OC[C@H]2O[C@@H](n4nnc5c(N)ncnc54)[C@@H](F)[C@@H]2CCO3)c(=O)[nH]1. The lowest BCUT2D eigenvalue weighted by molar-refractivity contribution is -0.0466. The molecule has 41 heavy (non-hydrogen) atoms. The highest BCUT2D eigenvalue weighted by atomic mass is 32.5. The van der Waals surface area contributed by atoms with Crippen molar-refractivity contribution in [3.63, 3.8) is 0 Å². The fraction of sp³-hybridized carbons (Fsp3) is 0.550. The number of aromatic nitrogens is 9. The molecule has 7 heterocycles. The van der Waals surface area contributed by atoms with Crippen LogP contribution in [0, 0.1) is 5.92 Å². The monoisotopic (exact) mass is 627 g/mol. The number of ether oxygens (including phenoxy) is 2. The van der Waals surface area contributed by atoms with Gasteiger partial charge in [-0.3, -0.25) is 14.3 Å². The van der Waals surface area contributed by atoms with Crippen LogP contribution >= 0.6 is 18.5 Å². The summed E-state index contributed by atoms with van der Waals surface area (Å²) in [4.78, 5) is 42.1. The largest absolute Gasteiger partial charge is 0.382 e. The maximum Gasteiger partial charge on any atom is 0.324 e. The molecule has 4 aromatic heterocycles. The number of imidazole rings is 1. The van der Waals surface area contributed by atoms with Gasteiger partial charge in [0.15, 0.2) is 40.5 Å². The molecule has 218 valence electrons. The fourth-order valence-corrected chi connectivity index (χ4v) is 8.26. The third-order valence-electron chi connectivity index (χ3n) is 7.19. The van der Waals surface area contributed by atoms with Gasteiger partial charge in [0.25, 0.3) is 5.56 Å². The third kappa shape index (κ3) is 4.77. The summed E-state index contributed by atoms with van der Waals surface area (Å²) in [5.74, 6) is -0.654. The van der Waals surface area contributed by atoms with Gasteiger partial charge in [-0.1, -0.05) is 5.21 Å². The molecule has 6 N–H and O–H groups in total. The number of H-pyrrole nitrogens is 1. The van der Waals surface area contributed by atoms with E-state index in [1.807, 2.05) is 0 Å². The van der Waals surface area contributed by atoms with Crippen molar-refractivity contribution >= 4 is 64.4 Å². The highest BCUT2D eigenvalue weighted by Crippen LogP contribution is 2.54. The summed E-state index contributed by atoms with van der Waals surface area (Å²) >= 11 is 6.70. The van der Waals surface area contributed by atoms with E-state index in [4.69, 9.17) is 41.8 Å². The Morgan fingerprint density at radius 3 is 2.93 bits per heavy atom. The number of aromatic amines is 1. The second-order valence-electron chi connectivity index (χ2n) is 9.67. The number of hydrogen-bond acceptors (Lipinski definition) is 15. The van der Waals surface area contributed by atoms with E-state index in [0.29, 0.717) is 6.42 Å². The fourth-order valence-electron chi connectivity index (χ4n) is 5.31. The van der Waals surface area contributed by atoms with Crippen LogP contribution in [0.4, 0.5) is 16.2 Å². The van der Waals surface area contributed by atoms with Gasteiger partial charge in [0, 0.05) is 18.9 Å². The lowest BCUT2D eigenvalue weighted by atomic mass is 9.96. The molecule has 3 fully saturated rings. The van der Waals surface area contributed by atoms with Crippen molar-refractivity contribution in [2.24, 2.45) is 5.92 Å². The Balaban J connectivity index is 1.15. The predicted molar refractivity (Wildman–Crippen MR) is 145 cm³/mol. The van der Waals surface area contributed by atoms with E-state index < -0.39 is 53.6 Å². The van der Waals surface area contributed by atoms with Crippen molar-refractivity contribution in [2.45, 2.75) is 48.3 Å². The maximum atomic E-state index is 15.9. The average Bonchev–Trinajstić information content (AvgIpc) is 3.68. The first-order valence-corrected chi connectivity index (χ1v) is 16.0. The molecule has 3 saturated heterocycles. The molecule has 8 atom stereocenters. The summed E-state index contributed by atoms with van der Waals surface area (Å²) in [7, 11) is 0. The minimum Gasteiger partial charge on any atom is -0.382 e. The number of rotatable bonds is 2. The van der Waals surface area contributed by atoms with E-state index in [1.54, 1.807) is 4.57 Å². The molecule has 0 radical (unpaired) electrons.